The predicted molar refractivity (Wildman–Crippen MR) is 140 cm³/mol. The number of carbonyl (C=O) groups excluding carboxylic acids is 4. The van der Waals surface area contributed by atoms with Crippen molar-refractivity contribution < 1.29 is 51.9 Å². The van der Waals surface area contributed by atoms with Gasteiger partial charge in [0.25, 0.3) is 0 Å². The van der Waals surface area contributed by atoms with Gasteiger partial charge in [-0.15, -0.1) is 0 Å². The second-order valence-corrected chi connectivity index (χ2v) is 8.22. The van der Waals surface area contributed by atoms with Crippen LogP contribution in [0.3, 0.4) is 0 Å². The second kappa shape index (κ2) is 13.5. The van der Waals surface area contributed by atoms with E-state index in [-0.39, 0.29) is 61.2 Å². The number of benzene rings is 3. The molecule has 3 aromatic carbocycles. The van der Waals surface area contributed by atoms with Crippen LogP contribution in [-0.2, 0) is 32.7 Å². The number of ketones is 3. The van der Waals surface area contributed by atoms with Crippen molar-refractivity contribution in [3.05, 3.63) is 93.4 Å². The molecule has 0 aliphatic heterocycles. The summed E-state index contributed by atoms with van der Waals surface area (Å²) in [6.07, 6.45) is 0.332. The first kappa shape index (κ1) is 31.2. The Balaban J connectivity index is 0.00000211. The van der Waals surface area contributed by atoms with E-state index in [4.69, 9.17) is 11.5 Å². The van der Waals surface area contributed by atoms with E-state index in [1.54, 1.807) is 31.2 Å². The predicted octanol–water partition coefficient (Wildman–Crippen LogP) is 7.49. The first-order valence-corrected chi connectivity index (χ1v) is 11.3. The van der Waals surface area contributed by atoms with E-state index in [2.05, 4.69) is 0 Å². The third-order valence-corrected chi connectivity index (χ3v) is 5.86. The molecule has 2 N–H and O–H groups in total. The van der Waals surface area contributed by atoms with Crippen molar-refractivity contribution in [1.29, 1.82) is 0 Å². The van der Waals surface area contributed by atoms with Crippen LogP contribution < -0.4 is 0 Å². The number of amides is 1. The Morgan fingerprint density at radius 3 is 1.39 bits per heavy atom. The first-order valence-electron chi connectivity index (χ1n) is 11.3. The number of rotatable bonds is 7. The van der Waals surface area contributed by atoms with Crippen molar-refractivity contribution >= 4 is 23.3 Å². The number of hydrogen-bond donors (Lipinski definition) is 0. The van der Waals surface area contributed by atoms with Crippen molar-refractivity contribution in [3.8, 4) is 22.3 Å². The van der Waals surface area contributed by atoms with Crippen LogP contribution in [0.15, 0.2) is 48.5 Å². The zero-order valence-corrected chi connectivity index (χ0v) is 24.4. The van der Waals surface area contributed by atoms with Gasteiger partial charge in [-0.2, -0.15) is 7.05 Å². The third-order valence-electron chi connectivity index (χ3n) is 5.86. The van der Waals surface area contributed by atoms with Gasteiger partial charge in [0.05, 0.1) is 5.91 Å². The molecule has 3 rings (SSSR count). The van der Waals surface area contributed by atoms with E-state index in [9.17, 15) is 19.2 Å². The van der Waals surface area contributed by atoms with Crippen LogP contribution >= 0.6 is 0 Å². The standard InChI is InChI=1S/C28H27NO4.CH4N.Y/c1-6-27(32)25-12-16(3)21(13-24(25)18(5)31)19-7-9-20(10-8-19)22-14-26(28(29)33)23(17(4)30)11-15(22)2;1-2;/h7-14H,6H2,1-5H3,(H2,29,33);2H,1H3;/q;-1;/p-1. The summed E-state index contributed by atoms with van der Waals surface area (Å²) in [5.41, 5.74) is 19.6. The van der Waals surface area contributed by atoms with E-state index in [1.165, 1.54) is 20.9 Å². The van der Waals surface area contributed by atoms with Crippen LogP contribution in [0.4, 0.5) is 0 Å². The van der Waals surface area contributed by atoms with Crippen molar-refractivity contribution in [1.82, 2.24) is 0 Å². The van der Waals surface area contributed by atoms with Crippen LogP contribution in [0.2, 0.25) is 0 Å². The average Bonchev–Trinajstić information content (AvgIpc) is 2.84. The molecule has 0 atom stereocenters. The number of Topliss-reactive ketones (excluding diaryl/α,β-unsaturated/α-hetero) is 3. The normalized spacial score (nSPS) is 9.97. The summed E-state index contributed by atoms with van der Waals surface area (Å²) >= 11 is 0. The summed E-state index contributed by atoms with van der Waals surface area (Å²) in [6, 6.07) is 14.5. The van der Waals surface area contributed by atoms with Gasteiger partial charge in [-0.3, -0.25) is 14.4 Å². The molecule has 0 bridgehead atoms. The SMILES string of the molecule is CCC(=O)c1cc(C)c(-c2ccc(-c3cc(C([NH-])=O)c(C(C)=O)cc3C)cc2)cc1C(C)=O.C[NH-].[Y]. The molecule has 0 aromatic heterocycles. The van der Waals surface area contributed by atoms with E-state index in [0.29, 0.717) is 17.5 Å². The topological polar surface area (TPSA) is 116 Å². The third kappa shape index (κ3) is 6.70. The van der Waals surface area contributed by atoms with E-state index in [0.717, 1.165) is 33.4 Å². The fourth-order valence-electron chi connectivity index (χ4n) is 4.06. The Morgan fingerprint density at radius 2 is 1.03 bits per heavy atom. The summed E-state index contributed by atoms with van der Waals surface area (Å²) in [6.45, 7) is 8.39. The minimum atomic E-state index is -0.896. The number of carbonyl (C=O) groups is 4. The van der Waals surface area contributed by atoms with Gasteiger partial charge >= 0.3 is 0 Å². The van der Waals surface area contributed by atoms with Gasteiger partial charge in [0.1, 0.15) is 0 Å². The van der Waals surface area contributed by atoms with Crippen LogP contribution in [-0.4, -0.2) is 30.3 Å². The Bertz CT molecular complexity index is 1310. The molecule has 6 nitrogen and oxygen atoms in total. The largest absolute Gasteiger partial charge is 0.680 e. The van der Waals surface area contributed by atoms with Crippen LogP contribution in [0.5, 0.6) is 0 Å². The molecular weight excluding hydrogens is 529 g/mol. The maximum atomic E-state index is 12.3. The van der Waals surface area contributed by atoms with Gasteiger partial charge in [0.2, 0.25) is 0 Å². The van der Waals surface area contributed by atoms with Gasteiger partial charge in [-0.25, -0.2) is 0 Å². The molecule has 0 aliphatic rings. The Labute approximate surface area is 237 Å². The summed E-state index contributed by atoms with van der Waals surface area (Å²) in [4.78, 5) is 48.2. The molecule has 7 heteroatoms. The molecule has 1 amide bonds. The molecule has 0 saturated carbocycles. The summed E-state index contributed by atoms with van der Waals surface area (Å²) in [7, 11) is 1.25. The molecule has 0 spiro atoms. The van der Waals surface area contributed by atoms with Crippen molar-refractivity contribution in [3.63, 3.8) is 0 Å². The molecule has 0 aliphatic carbocycles. The molecule has 185 valence electrons. The van der Waals surface area contributed by atoms with Gasteiger partial charge in [-0.05, 0) is 85.3 Å². The van der Waals surface area contributed by atoms with Crippen molar-refractivity contribution in [2.24, 2.45) is 0 Å². The van der Waals surface area contributed by atoms with E-state index in [1.807, 2.05) is 38.1 Å². The van der Waals surface area contributed by atoms with Gasteiger partial charge in [-0.1, -0.05) is 31.2 Å². The fourth-order valence-corrected chi connectivity index (χ4v) is 4.06. The molecule has 0 fully saturated rings. The van der Waals surface area contributed by atoms with Gasteiger partial charge in [0.15, 0.2) is 17.3 Å². The molecule has 1 radical (unpaired) electrons. The maximum absolute atomic E-state index is 12.3. The minimum Gasteiger partial charge on any atom is -0.680 e. The zero-order chi connectivity index (χ0) is 26.4. The first-order chi connectivity index (χ1) is 16.5. The summed E-state index contributed by atoms with van der Waals surface area (Å²) in [5, 5.41) is 0. The number of aryl methyl sites for hydroxylation is 2. The van der Waals surface area contributed by atoms with Gasteiger partial charge in [0, 0.05) is 61.4 Å². The Morgan fingerprint density at radius 1 is 0.667 bits per heavy atom. The molecule has 0 saturated heterocycles. The van der Waals surface area contributed by atoms with Crippen molar-refractivity contribution in [2.75, 3.05) is 7.05 Å². The van der Waals surface area contributed by atoms with E-state index >= 15 is 0 Å². The van der Waals surface area contributed by atoms with E-state index < -0.39 is 5.91 Å². The van der Waals surface area contributed by atoms with Crippen LogP contribution in [0, 0.1) is 13.8 Å². The summed E-state index contributed by atoms with van der Waals surface area (Å²) in [5.74, 6) is -1.36. The summed E-state index contributed by atoms with van der Waals surface area (Å²) < 4.78 is 0. The Hall–Kier alpha value is -2.80. The molecular formula is C29H30N2O4Y-2. The quantitative estimate of drug-likeness (QED) is 0.279. The number of hydrogen-bond acceptors (Lipinski definition) is 4. The monoisotopic (exact) mass is 559 g/mol. The fraction of sp³-hybridized carbons (Fsp3) is 0.241. The molecule has 0 heterocycles. The maximum Gasteiger partial charge on any atom is 0.163 e. The average molecular weight is 559 g/mol. The number of nitrogens with one attached hydrogen (secondary N) is 2. The Kier molecular flexibility index (Phi) is 11.7. The molecule has 3 aromatic rings. The van der Waals surface area contributed by atoms with Crippen LogP contribution in [0.25, 0.3) is 33.7 Å². The zero-order valence-electron chi connectivity index (χ0n) is 21.5. The van der Waals surface area contributed by atoms with Gasteiger partial charge < -0.3 is 16.3 Å². The van der Waals surface area contributed by atoms with Crippen LogP contribution in [0.1, 0.15) is 79.8 Å². The molecule has 36 heavy (non-hydrogen) atoms. The second-order valence-electron chi connectivity index (χ2n) is 8.22. The van der Waals surface area contributed by atoms with Crippen molar-refractivity contribution in [2.45, 2.75) is 41.0 Å². The smallest absolute Gasteiger partial charge is 0.163 e. The molecule has 0 unspecified atom stereocenters. The minimum absolute atomic E-state index is 0.